The van der Waals surface area contributed by atoms with Gasteiger partial charge in [-0.3, -0.25) is 4.79 Å². The molecule has 1 aromatic carbocycles. The summed E-state index contributed by atoms with van der Waals surface area (Å²) >= 11 is 0. The second-order valence-electron chi connectivity index (χ2n) is 3.19. The normalized spacial score (nSPS) is 9.94. The molecule has 18 heavy (non-hydrogen) atoms. The maximum Gasteiger partial charge on any atom is 0.387 e. The predicted molar refractivity (Wildman–Crippen MR) is 55.7 cm³/mol. The van der Waals surface area contributed by atoms with Crippen molar-refractivity contribution in [1.29, 1.82) is 5.26 Å². The maximum atomic E-state index is 12.1. The summed E-state index contributed by atoms with van der Waals surface area (Å²) in [5.41, 5.74) is 0.0431. The first kappa shape index (κ1) is 13.7. The Balaban J connectivity index is 3.28. The van der Waals surface area contributed by atoms with Gasteiger partial charge in [0.15, 0.2) is 11.5 Å². The Kier molecular flexibility index (Phi) is 4.43. The standard InChI is InChI=1S/C11H9F2NO4/c1-17-10-7(5-14)6(4-9(15)16)2-3-8(10)18-11(12)13/h2-3,11H,4H2,1H3,(H,15,16). The fourth-order valence-electron chi connectivity index (χ4n) is 1.43. The molecular formula is C11H9F2NO4. The summed E-state index contributed by atoms with van der Waals surface area (Å²) in [6.45, 7) is -3.06. The minimum absolute atomic E-state index is 0.127. The van der Waals surface area contributed by atoms with Crippen LogP contribution in [0.2, 0.25) is 0 Å². The highest BCUT2D eigenvalue weighted by Gasteiger charge is 2.19. The van der Waals surface area contributed by atoms with E-state index >= 15 is 0 Å². The SMILES string of the molecule is COc1c(OC(F)F)ccc(CC(=O)O)c1C#N. The third-order valence-electron chi connectivity index (χ3n) is 2.08. The van der Waals surface area contributed by atoms with Gasteiger partial charge < -0.3 is 14.6 Å². The van der Waals surface area contributed by atoms with E-state index in [1.165, 1.54) is 13.2 Å². The number of hydrogen-bond acceptors (Lipinski definition) is 4. The van der Waals surface area contributed by atoms with Crippen LogP contribution in [0, 0.1) is 11.3 Å². The van der Waals surface area contributed by atoms with Gasteiger partial charge in [-0.15, -0.1) is 0 Å². The van der Waals surface area contributed by atoms with Crippen molar-refractivity contribution >= 4 is 5.97 Å². The molecule has 1 aromatic rings. The number of methoxy groups -OCH3 is 1. The molecule has 0 aliphatic carbocycles. The predicted octanol–water partition coefficient (Wildman–Crippen LogP) is 1.80. The van der Waals surface area contributed by atoms with Crippen molar-refractivity contribution in [2.24, 2.45) is 0 Å². The first-order valence-electron chi connectivity index (χ1n) is 4.76. The van der Waals surface area contributed by atoms with Crippen molar-refractivity contribution in [3.8, 4) is 17.6 Å². The lowest BCUT2D eigenvalue weighted by Crippen LogP contribution is -2.07. The lowest BCUT2D eigenvalue weighted by molar-refractivity contribution is -0.136. The lowest BCUT2D eigenvalue weighted by atomic mass is 10.0. The molecule has 0 spiro atoms. The van der Waals surface area contributed by atoms with Crippen molar-refractivity contribution in [2.75, 3.05) is 7.11 Å². The van der Waals surface area contributed by atoms with Gasteiger partial charge in [-0.1, -0.05) is 6.07 Å². The number of carboxylic acids is 1. The Morgan fingerprint density at radius 3 is 2.67 bits per heavy atom. The molecule has 0 aliphatic rings. The topological polar surface area (TPSA) is 79.6 Å². The average molecular weight is 257 g/mol. The molecule has 0 aliphatic heterocycles. The van der Waals surface area contributed by atoms with Gasteiger partial charge in [-0.05, 0) is 11.6 Å². The van der Waals surface area contributed by atoms with E-state index in [9.17, 15) is 13.6 Å². The molecule has 1 N–H and O–H groups in total. The number of benzene rings is 1. The zero-order chi connectivity index (χ0) is 13.7. The van der Waals surface area contributed by atoms with Gasteiger partial charge in [0.05, 0.1) is 13.5 Å². The van der Waals surface area contributed by atoms with Crippen LogP contribution in [0.3, 0.4) is 0 Å². The zero-order valence-electron chi connectivity index (χ0n) is 9.31. The van der Waals surface area contributed by atoms with Gasteiger partial charge in [-0.25, -0.2) is 0 Å². The summed E-state index contributed by atoms with van der Waals surface area (Å²) < 4.78 is 33.3. The van der Waals surface area contributed by atoms with Crippen LogP contribution in [0.15, 0.2) is 12.1 Å². The van der Waals surface area contributed by atoms with Crippen molar-refractivity contribution in [2.45, 2.75) is 13.0 Å². The monoisotopic (exact) mass is 257 g/mol. The Bertz CT molecular complexity index is 497. The van der Waals surface area contributed by atoms with E-state index in [4.69, 9.17) is 15.1 Å². The molecule has 7 heteroatoms. The summed E-state index contributed by atoms with van der Waals surface area (Å²) in [6, 6.07) is 4.11. The number of carboxylic acid groups (broad SMARTS) is 1. The number of hydrogen-bond donors (Lipinski definition) is 1. The third kappa shape index (κ3) is 3.07. The second kappa shape index (κ2) is 5.82. The van der Waals surface area contributed by atoms with E-state index in [0.717, 1.165) is 6.07 Å². The summed E-state index contributed by atoms with van der Waals surface area (Å²) in [5, 5.41) is 17.6. The first-order chi connectivity index (χ1) is 8.49. The number of rotatable bonds is 5. The fraction of sp³-hybridized carbons (Fsp3) is 0.273. The number of carbonyl (C=O) groups is 1. The van der Waals surface area contributed by atoms with Crippen LogP contribution in [-0.2, 0) is 11.2 Å². The van der Waals surface area contributed by atoms with E-state index in [0.29, 0.717) is 0 Å². The minimum Gasteiger partial charge on any atom is -0.492 e. The highest BCUT2D eigenvalue weighted by Crippen LogP contribution is 2.34. The van der Waals surface area contributed by atoms with E-state index < -0.39 is 19.0 Å². The molecule has 1 rings (SSSR count). The van der Waals surface area contributed by atoms with Crippen LogP contribution >= 0.6 is 0 Å². The largest absolute Gasteiger partial charge is 0.492 e. The van der Waals surface area contributed by atoms with Crippen LogP contribution in [0.1, 0.15) is 11.1 Å². The quantitative estimate of drug-likeness (QED) is 0.869. The number of aliphatic carboxylic acids is 1. The van der Waals surface area contributed by atoms with Gasteiger partial charge in [-0.2, -0.15) is 14.0 Å². The Hall–Kier alpha value is -2.36. The molecule has 0 amide bonds. The minimum atomic E-state index is -3.06. The van der Waals surface area contributed by atoms with Crippen LogP contribution in [-0.4, -0.2) is 24.8 Å². The van der Waals surface area contributed by atoms with Crippen molar-refractivity contribution in [1.82, 2.24) is 0 Å². The molecule has 0 heterocycles. The van der Waals surface area contributed by atoms with Crippen LogP contribution in [0.4, 0.5) is 8.78 Å². The van der Waals surface area contributed by atoms with Crippen LogP contribution < -0.4 is 9.47 Å². The molecule has 0 fully saturated rings. The van der Waals surface area contributed by atoms with Gasteiger partial charge in [0, 0.05) is 0 Å². The van der Waals surface area contributed by atoms with Crippen LogP contribution in [0.25, 0.3) is 0 Å². The fourth-order valence-corrected chi connectivity index (χ4v) is 1.43. The Morgan fingerprint density at radius 1 is 1.56 bits per heavy atom. The van der Waals surface area contributed by atoms with Crippen molar-refractivity contribution < 1.29 is 28.2 Å². The molecule has 0 atom stereocenters. The molecule has 0 aromatic heterocycles. The average Bonchev–Trinajstić information content (AvgIpc) is 2.29. The molecule has 96 valence electrons. The number of halogens is 2. The van der Waals surface area contributed by atoms with Crippen LogP contribution in [0.5, 0.6) is 11.5 Å². The molecule has 0 saturated heterocycles. The van der Waals surface area contributed by atoms with Gasteiger partial charge in [0.25, 0.3) is 0 Å². The highest BCUT2D eigenvalue weighted by molar-refractivity contribution is 5.73. The molecule has 0 radical (unpaired) electrons. The number of nitrogens with zero attached hydrogens (tertiary/aromatic N) is 1. The van der Waals surface area contributed by atoms with E-state index in [-0.39, 0.29) is 22.6 Å². The summed E-state index contributed by atoms with van der Waals surface area (Å²) in [5.74, 6) is -1.65. The summed E-state index contributed by atoms with van der Waals surface area (Å²) in [7, 11) is 1.18. The molecular weight excluding hydrogens is 248 g/mol. The van der Waals surface area contributed by atoms with Crippen molar-refractivity contribution in [3.05, 3.63) is 23.3 Å². The first-order valence-corrected chi connectivity index (χ1v) is 4.76. The molecule has 0 bridgehead atoms. The van der Waals surface area contributed by atoms with Gasteiger partial charge in [0.1, 0.15) is 11.6 Å². The highest BCUT2D eigenvalue weighted by atomic mass is 19.3. The zero-order valence-corrected chi connectivity index (χ0v) is 9.31. The van der Waals surface area contributed by atoms with Crippen molar-refractivity contribution in [3.63, 3.8) is 0 Å². The molecule has 0 saturated carbocycles. The maximum absolute atomic E-state index is 12.1. The molecule has 0 unspecified atom stereocenters. The number of ether oxygens (including phenoxy) is 2. The second-order valence-corrected chi connectivity index (χ2v) is 3.19. The summed E-state index contributed by atoms with van der Waals surface area (Å²) in [4.78, 5) is 10.6. The van der Waals surface area contributed by atoms with E-state index in [1.807, 2.05) is 0 Å². The van der Waals surface area contributed by atoms with Gasteiger partial charge >= 0.3 is 12.6 Å². The smallest absolute Gasteiger partial charge is 0.387 e. The van der Waals surface area contributed by atoms with E-state index in [1.54, 1.807) is 6.07 Å². The number of alkyl halides is 2. The van der Waals surface area contributed by atoms with Gasteiger partial charge in [0.2, 0.25) is 0 Å². The third-order valence-corrected chi connectivity index (χ3v) is 2.08. The van der Waals surface area contributed by atoms with E-state index in [2.05, 4.69) is 4.74 Å². The Labute approximate surface area is 101 Å². The Morgan fingerprint density at radius 2 is 2.22 bits per heavy atom. The molecule has 5 nitrogen and oxygen atoms in total. The lowest BCUT2D eigenvalue weighted by Gasteiger charge is -2.13. The summed E-state index contributed by atoms with van der Waals surface area (Å²) in [6.07, 6.45) is -0.409. The number of nitriles is 1.